The van der Waals surface area contributed by atoms with Crippen LogP contribution in [0.25, 0.3) is 0 Å². The number of ketones is 1. The van der Waals surface area contributed by atoms with Gasteiger partial charge in [0.05, 0.1) is 6.61 Å². The third-order valence-corrected chi connectivity index (χ3v) is 8.32. The van der Waals surface area contributed by atoms with Gasteiger partial charge in [-0.05, 0) is 79.0 Å². The minimum Gasteiger partial charge on any atom is -0.508 e. The van der Waals surface area contributed by atoms with Gasteiger partial charge in [-0.25, -0.2) is 0 Å². The van der Waals surface area contributed by atoms with E-state index in [1.807, 2.05) is 31.2 Å². The number of phenols is 1. The molecule has 2 atom stereocenters. The van der Waals surface area contributed by atoms with Gasteiger partial charge in [0.25, 0.3) is 0 Å². The normalized spacial score (nSPS) is 19.9. The number of carbonyl (C=O) groups excluding carboxylic acids is 2. The maximum absolute atomic E-state index is 13.6. The van der Waals surface area contributed by atoms with Crippen molar-refractivity contribution in [3.8, 4) is 11.5 Å². The highest BCUT2D eigenvalue weighted by molar-refractivity contribution is 8.01. The lowest BCUT2D eigenvalue weighted by molar-refractivity contribution is -0.171. The lowest BCUT2D eigenvalue weighted by Crippen LogP contribution is -2.49. The first kappa shape index (κ1) is 30.0. The van der Waals surface area contributed by atoms with Crippen molar-refractivity contribution < 1.29 is 29.3 Å². The zero-order valence-electron chi connectivity index (χ0n) is 23.3. The van der Waals surface area contributed by atoms with Gasteiger partial charge in [-0.1, -0.05) is 52.7 Å². The van der Waals surface area contributed by atoms with Crippen LogP contribution in [0, 0.1) is 6.92 Å². The fourth-order valence-electron chi connectivity index (χ4n) is 4.88. The number of carbonyl (C=O) groups is 2. The average molecular weight is 543 g/mol. The molecule has 7 heteroatoms. The van der Waals surface area contributed by atoms with Gasteiger partial charge in [-0.2, -0.15) is 0 Å². The second kappa shape index (κ2) is 13.0. The summed E-state index contributed by atoms with van der Waals surface area (Å²) in [5.41, 5.74) is 1.85. The largest absolute Gasteiger partial charge is 0.508 e. The van der Waals surface area contributed by atoms with Gasteiger partial charge in [-0.3, -0.25) is 9.59 Å². The average Bonchev–Trinajstić information content (AvgIpc) is 2.85. The number of aliphatic hydroxyl groups is 1. The molecule has 1 heterocycles. The van der Waals surface area contributed by atoms with Crippen molar-refractivity contribution in [3.63, 3.8) is 0 Å². The quantitative estimate of drug-likeness (QED) is 0.185. The molecule has 0 bridgehead atoms. The van der Waals surface area contributed by atoms with E-state index in [0.29, 0.717) is 25.0 Å². The van der Waals surface area contributed by atoms with E-state index >= 15 is 0 Å². The van der Waals surface area contributed by atoms with E-state index in [1.165, 1.54) is 11.8 Å². The standard InChI is InChI=1S/C31H42O6S/c1-6-7-8-14-31(15-13-22-9-11-23(33)12-10-22)20-25(34)28(29(35)37-31)38-27-18-21(2)26(36-17-16-32)19-24(27)30(3,4)5/h9-12,18-19,28,32-33H,6-8,13-17,20H2,1-5H3. The number of phenolic OH excluding ortho intramolecular Hbond substituents is 1. The van der Waals surface area contributed by atoms with E-state index in [9.17, 15) is 19.8 Å². The van der Waals surface area contributed by atoms with Crippen molar-refractivity contribution in [2.45, 2.75) is 101 Å². The number of cyclic esters (lactones) is 1. The molecule has 0 radical (unpaired) electrons. The Morgan fingerprint density at radius 1 is 1.11 bits per heavy atom. The number of thioether (sulfide) groups is 1. The predicted molar refractivity (Wildman–Crippen MR) is 151 cm³/mol. The smallest absolute Gasteiger partial charge is 0.327 e. The van der Waals surface area contributed by atoms with Crippen molar-refractivity contribution in [1.29, 1.82) is 0 Å². The maximum Gasteiger partial charge on any atom is 0.327 e. The molecule has 208 valence electrons. The Kier molecular flexibility index (Phi) is 10.3. The first-order valence-electron chi connectivity index (χ1n) is 13.6. The highest BCUT2D eigenvalue weighted by Gasteiger charge is 2.47. The highest BCUT2D eigenvalue weighted by Crippen LogP contribution is 2.43. The zero-order valence-corrected chi connectivity index (χ0v) is 24.2. The van der Waals surface area contributed by atoms with E-state index in [0.717, 1.165) is 40.8 Å². The lowest BCUT2D eigenvalue weighted by Gasteiger charge is -2.39. The van der Waals surface area contributed by atoms with Gasteiger partial charge >= 0.3 is 5.97 Å². The molecule has 38 heavy (non-hydrogen) atoms. The van der Waals surface area contributed by atoms with E-state index in [4.69, 9.17) is 9.47 Å². The molecular weight excluding hydrogens is 500 g/mol. The number of rotatable bonds is 12. The summed E-state index contributed by atoms with van der Waals surface area (Å²) >= 11 is 1.27. The summed E-state index contributed by atoms with van der Waals surface area (Å²) < 4.78 is 11.9. The van der Waals surface area contributed by atoms with Crippen LogP contribution in [0.5, 0.6) is 11.5 Å². The lowest BCUT2D eigenvalue weighted by atomic mass is 9.82. The van der Waals surface area contributed by atoms with Crippen LogP contribution in [0.3, 0.4) is 0 Å². The molecule has 0 saturated carbocycles. The predicted octanol–water partition coefficient (Wildman–Crippen LogP) is 6.30. The first-order valence-corrected chi connectivity index (χ1v) is 14.4. The van der Waals surface area contributed by atoms with Crippen molar-refractivity contribution in [3.05, 3.63) is 53.1 Å². The van der Waals surface area contributed by atoms with Gasteiger partial charge in [0.15, 0.2) is 11.0 Å². The molecule has 0 spiro atoms. The fraction of sp³-hybridized carbons (Fsp3) is 0.548. The van der Waals surface area contributed by atoms with Gasteiger partial charge in [0.2, 0.25) is 0 Å². The summed E-state index contributed by atoms with van der Waals surface area (Å²) in [7, 11) is 0. The van der Waals surface area contributed by atoms with Crippen LogP contribution in [0.1, 0.15) is 82.9 Å². The number of aliphatic hydroxyl groups excluding tert-OH is 1. The van der Waals surface area contributed by atoms with E-state index in [1.54, 1.807) is 12.1 Å². The summed E-state index contributed by atoms with van der Waals surface area (Å²) in [6.45, 7) is 10.4. The molecule has 0 amide bonds. The number of aryl methyl sites for hydroxylation is 2. The minimum absolute atomic E-state index is 0.0735. The van der Waals surface area contributed by atoms with Gasteiger partial charge in [-0.15, -0.1) is 11.8 Å². The Morgan fingerprint density at radius 2 is 1.82 bits per heavy atom. The first-order chi connectivity index (χ1) is 18.0. The number of unbranched alkanes of at least 4 members (excludes halogenated alkanes) is 2. The van der Waals surface area contributed by atoms with Crippen LogP contribution >= 0.6 is 11.8 Å². The molecular formula is C31H42O6S. The Hall–Kier alpha value is -2.51. The molecule has 2 aromatic rings. The van der Waals surface area contributed by atoms with Crippen LogP contribution in [0.15, 0.2) is 41.3 Å². The van der Waals surface area contributed by atoms with Crippen LogP contribution in [0.4, 0.5) is 0 Å². The third kappa shape index (κ3) is 7.76. The summed E-state index contributed by atoms with van der Waals surface area (Å²) in [6, 6.07) is 11.0. The highest BCUT2D eigenvalue weighted by atomic mass is 32.2. The van der Waals surface area contributed by atoms with Crippen LogP contribution in [0.2, 0.25) is 0 Å². The summed E-state index contributed by atoms with van der Waals surface area (Å²) in [5, 5.41) is 17.9. The number of ether oxygens (including phenoxy) is 2. The fourth-order valence-corrected chi connectivity index (χ4v) is 6.23. The Labute approximate surface area is 231 Å². The van der Waals surface area contributed by atoms with E-state index in [-0.39, 0.29) is 36.6 Å². The van der Waals surface area contributed by atoms with Gasteiger partial charge in [0, 0.05) is 11.3 Å². The SMILES string of the molecule is CCCCCC1(CCc2ccc(O)cc2)CC(=O)C(Sc2cc(C)c(OCCO)cc2C(C)(C)C)C(=O)O1. The Bertz CT molecular complexity index is 1080. The molecule has 1 aliphatic rings. The van der Waals surface area contributed by atoms with Crippen molar-refractivity contribution in [2.75, 3.05) is 13.2 Å². The number of aromatic hydroxyl groups is 1. The molecule has 0 aromatic heterocycles. The van der Waals surface area contributed by atoms with Crippen molar-refractivity contribution >= 4 is 23.5 Å². The van der Waals surface area contributed by atoms with Crippen LogP contribution < -0.4 is 4.74 Å². The van der Waals surface area contributed by atoms with Crippen molar-refractivity contribution in [1.82, 2.24) is 0 Å². The topological polar surface area (TPSA) is 93.1 Å². The molecule has 2 N–H and O–H groups in total. The summed E-state index contributed by atoms with van der Waals surface area (Å²) in [5.74, 6) is 0.344. The Balaban J connectivity index is 1.83. The summed E-state index contributed by atoms with van der Waals surface area (Å²) in [6.07, 6.45) is 5.06. The number of esters is 1. The molecule has 1 fully saturated rings. The van der Waals surface area contributed by atoms with Gasteiger partial charge in [0.1, 0.15) is 23.7 Å². The second-order valence-corrected chi connectivity index (χ2v) is 12.5. The molecule has 2 unspecified atom stereocenters. The molecule has 2 aromatic carbocycles. The van der Waals surface area contributed by atoms with Crippen LogP contribution in [-0.4, -0.2) is 46.0 Å². The summed E-state index contributed by atoms with van der Waals surface area (Å²) in [4.78, 5) is 27.8. The number of hydrogen-bond donors (Lipinski definition) is 2. The molecule has 1 aliphatic heterocycles. The monoisotopic (exact) mass is 542 g/mol. The second-order valence-electron chi connectivity index (χ2n) is 11.3. The molecule has 0 aliphatic carbocycles. The maximum atomic E-state index is 13.6. The van der Waals surface area contributed by atoms with Crippen molar-refractivity contribution in [2.24, 2.45) is 0 Å². The number of benzene rings is 2. The van der Waals surface area contributed by atoms with Gasteiger partial charge < -0.3 is 19.7 Å². The zero-order chi connectivity index (χ0) is 27.9. The van der Waals surface area contributed by atoms with E-state index in [2.05, 4.69) is 27.7 Å². The minimum atomic E-state index is -0.910. The number of hydrogen-bond acceptors (Lipinski definition) is 7. The number of Topliss-reactive ketones (excluding diaryl/α,β-unsaturated/α-hetero) is 1. The molecule has 3 rings (SSSR count). The van der Waals surface area contributed by atoms with Crippen LogP contribution in [-0.2, 0) is 26.2 Å². The third-order valence-electron chi connectivity index (χ3n) is 7.04. The Morgan fingerprint density at radius 3 is 2.42 bits per heavy atom. The van der Waals surface area contributed by atoms with E-state index < -0.39 is 16.8 Å². The molecule has 6 nitrogen and oxygen atoms in total. The molecule has 1 saturated heterocycles.